The van der Waals surface area contributed by atoms with Gasteiger partial charge in [0.25, 0.3) is 0 Å². The number of hydrogen-bond donors (Lipinski definition) is 2. The lowest BCUT2D eigenvalue weighted by molar-refractivity contribution is 0.320. The second-order valence-electron chi connectivity index (χ2n) is 4.31. The molecule has 0 fully saturated rings. The van der Waals surface area contributed by atoms with Crippen LogP contribution >= 0.6 is 0 Å². The number of rotatable bonds is 8. The molecule has 19 heavy (non-hydrogen) atoms. The summed E-state index contributed by atoms with van der Waals surface area (Å²) in [5.74, 6) is 1.86. The van der Waals surface area contributed by atoms with Crippen LogP contribution in [0.15, 0.2) is 12.1 Å². The molecule has 0 aliphatic heterocycles. The molecular weight excluding hydrogens is 244 g/mol. The lowest BCUT2D eigenvalue weighted by Gasteiger charge is -2.19. The molecule has 0 aromatic heterocycles. The molecular formula is C14H24N2O3. The maximum absolute atomic E-state index is 6.21. The first kappa shape index (κ1) is 15.6. The van der Waals surface area contributed by atoms with Crippen molar-refractivity contribution in [3.63, 3.8) is 0 Å². The SMILES string of the molecule is COc1ccc([C@H](N)CCCCN)c(OC)c1OC. The summed E-state index contributed by atoms with van der Waals surface area (Å²) >= 11 is 0. The van der Waals surface area contributed by atoms with Crippen LogP contribution < -0.4 is 25.7 Å². The molecule has 0 amide bonds. The van der Waals surface area contributed by atoms with Crippen LogP contribution in [-0.2, 0) is 0 Å². The third-order valence-corrected chi connectivity index (χ3v) is 3.10. The van der Waals surface area contributed by atoms with Crippen LogP contribution in [0.25, 0.3) is 0 Å². The highest BCUT2D eigenvalue weighted by Crippen LogP contribution is 2.42. The Kier molecular flexibility index (Phi) is 6.45. The van der Waals surface area contributed by atoms with Crippen LogP contribution in [0, 0.1) is 0 Å². The number of hydrogen-bond acceptors (Lipinski definition) is 5. The molecule has 1 atom stereocenters. The molecule has 0 unspecified atom stereocenters. The van der Waals surface area contributed by atoms with E-state index in [1.807, 2.05) is 12.1 Å². The first-order valence-electron chi connectivity index (χ1n) is 6.44. The molecule has 0 spiro atoms. The summed E-state index contributed by atoms with van der Waals surface area (Å²) in [7, 11) is 4.79. The van der Waals surface area contributed by atoms with Gasteiger partial charge in [0, 0.05) is 11.6 Å². The Bertz CT molecular complexity index is 397. The van der Waals surface area contributed by atoms with Crippen molar-refractivity contribution in [3.8, 4) is 17.2 Å². The number of ether oxygens (including phenoxy) is 3. The van der Waals surface area contributed by atoms with Gasteiger partial charge in [-0.05, 0) is 31.5 Å². The van der Waals surface area contributed by atoms with E-state index >= 15 is 0 Å². The van der Waals surface area contributed by atoms with Crippen molar-refractivity contribution >= 4 is 0 Å². The third kappa shape index (κ3) is 3.75. The van der Waals surface area contributed by atoms with Crippen LogP contribution in [0.4, 0.5) is 0 Å². The van der Waals surface area contributed by atoms with Crippen molar-refractivity contribution in [2.45, 2.75) is 25.3 Å². The van der Waals surface area contributed by atoms with Gasteiger partial charge in [-0.2, -0.15) is 0 Å². The molecule has 1 rings (SSSR count). The van der Waals surface area contributed by atoms with Crippen molar-refractivity contribution in [2.24, 2.45) is 11.5 Å². The van der Waals surface area contributed by atoms with Gasteiger partial charge in [-0.3, -0.25) is 0 Å². The van der Waals surface area contributed by atoms with Crippen molar-refractivity contribution in [1.29, 1.82) is 0 Å². The first-order valence-corrected chi connectivity index (χ1v) is 6.44. The van der Waals surface area contributed by atoms with E-state index in [2.05, 4.69) is 0 Å². The van der Waals surface area contributed by atoms with Gasteiger partial charge in [0.2, 0.25) is 5.75 Å². The number of nitrogens with two attached hydrogens (primary N) is 2. The lowest BCUT2D eigenvalue weighted by atomic mass is 10.00. The fraction of sp³-hybridized carbons (Fsp3) is 0.571. The predicted molar refractivity (Wildman–Crippen MR) is 75.9 cm³/mol. The summed E-state index contributed by atoms with van der Waals surface area (Å²) in [5.41, 5.74) is 12.6. The summed E-state index contributed by atoms with van der Waals surface area (Å²) < 4.78 is 16.0. The summed E-state index contributed by atoms with van der Waals surface area (Å²) in [6.07, 6.45) is 2.83. The Morgan fingerprint density at radius 1 is 1.00 bits per heavy atom. The van der Waals surface area contributed by atoms with Crippen LogP contribution in [-0.4, -0.2) is 27.9 Å². The van der Waals surface area contributed by atoms with Gasteiger partial charge in [-0.25, -0.2) is 0 Å². The molecule has 0 saturated carbocycles. The van der Waals surface area contributed by atoms with Crippen LogP contribution in [0.2, 0.25) is 0 Å². The van der Waals surface area contributed by atoms with Gasteiger partial charge in [0.05, 0.1) is 21.3 Å². The highest BCUT2D eigenvalue weighted by atomic mass is 16.5. The molecule has 0 saturated heterocycles. The quantitative estimate of drug-likeness (QED) is 0.703. The minimum Gasteiger partial charge on any atom is -0.493 e. The molecule has 1 aromatic rings. The van der Waals surface area contributed by atoms with Crippen molar-refractivity contribution < 1.29 is 14.2 Å². The standard InChI is InChI=1S/C14H24N2O3/c1-17-12-8-7-10(11(16)6-4-5-9-15)13(18-2)14(12)19-3/h7-8,11H,4-6,9,15-16H2,1-3H3/t11-/m1/s1. The number of methoxy groups -OCH3 is 3. The minimum atomic E-state index is -0.0960. The predicted octanol–water partition coefficient (Wildman–Crippen LogP) is 1.84. The fourth-order valence-electron chi connectivity index (χ4n) is 2.08. The van der Waals surface area contributed by atoms with Crippen molar-refractivity contribution in [3.05, 3.63) is 17.7 Å². The molecule has 108 valence electrons. The molecule has 5 nitrogen and oxygen atoms in total. The average Bonchev–Trinajstić information content (AvgIpc) is 2.45. The zero-order valence-electron chi connectivity index (χ0n) is 11.9. The van der Waals surface area contributed by atoms with E-state index in [0.29, 0.717) is 23.8 Å². The van der Waals surface area contributed by atoms with Gasteiger partial charge >= 0.3 is 0 Å². The van der Waals surface area contributed by atoms with Gasteiger partial charge < -0.3 is 25.7 Å². The Balaban J connectivity index is 2.99. The van der Waals surface area contributed by atoms with Gasteiger partial charge in [-0.15, -0.1) is 0 Å². The van der Waals surface area contributed by atoms with Crippen molar-refractivity contribution in [2.75, 3.05) is 27.9 Å². The lowest BCUT2D eigenvalue weighted by Crippen LogP contribution is -2.13. The van der Waals surface area contributed by atoms with Gasteiger partial charge in [-0.1, -0.05) is 6.42 Å². The highest BCUT2D eigenvalue weighted by Gasteiger charge is 2.19. The van der Waals surface area contributed by atoms with E-state index < -0.39 is 0 Å². The molecule has 0 aliphatic rings. The molecule has 1 aromatic carbocycles. The molecule has 4 N–H and O–H groups in total. The molecule has 0 aliphatic carbocycles. The highest BCUT2D eigenvalue weighted by molar-refractivity contribution is 5.56. The van der Waals surface area contributed by atoms with E-state index in [1.165, 1.54) is 0 Å². The number of unbranched alkanes of at least 4 members (excludes halogenated alkanes) is 1. The Morgan fingerprint density at radius 3 is 2.21 bits per heavy atom. The van der Waals surface area contributed by atoms with E-state index in [1.54, 1.807) is 21.3 Å². The second kappa shape index (κ2) is 7.86. The second-order valence-corrected chi connectivity index (χ2v) is 4.31. The maximum Gasteiger partial charge on any atom is 0.203 e. The monoisotopic (exact) mass is 268 g/mol. The largest absolute Gasteiger partial charge is 0.493 e. The van der Waals surface area contributed by atoms with Crippen LogP contribution in [0.1, 0.15) is 30.9 Å². The van der Waals surface area contributed by atoms with E-state index in [-0.39, 0.29) is 6.04 Å². The Morgan fingerprint density at radius 2 is 1.68 bits per heavy atom. The minimum absolute atomic E-state index is 0.0960. The normalized spacial score (nSPS) is 12.1. The fourth-order valence-corrected chi connectivity index (χ4v) is 2.08. The van der Waals surface area contributed by atoms with E-state index in [4.69, 9.17) is 25.7 Å². The first-order chi connectivity index (χ1) is 9.19. The topological polar surface area (TPSA) is 79.7 Å². The summed E-state index contributed by atoms with van der Waals surface area (Å²) in [5, 5.41) is 0. The van der Waals surface area contributed by atoms with Crippen molar-refractivity contribution in [1.82, 2.24) is 0 Å². The maximum atomic E-state index is 6.21. The van der Waals surface area contributed by atoms with E-state index in [9.17, 15) is 0 Å². The summed E-state index contributed by atoms with van der Waals surface area (Å²) in [6, 6.07) is 3.67. The van der Waals surface area contributed by atoms with E-state index in [0.717, 1.165) is 24.8 Å². The van der Waals surface area contributed by atoms with Crippen LogP contribution in [0.5, 0.6) is 17.2 Å². The Hall–Kier alpha value is -1.46. The average molecular weight is 268 g/mol. The molecule has 0 radical (unpaired) electrons. The molecule has 0 bridgehead atoms. The van der Waals surface area contributed by atoms with Gasteiger partial charge in [0.1, 0.15) is 0 Å². The zero-order chi connectivity index (χ0) is 14.3. The van der Waals surface area contributed by atoms with Crippen LogP contribution in [0.3, 0.4) is 0 Å². The van der Waals surface area contributed by atoms with Gasteiger partial charge in [0.15, 0.2) is 11.5 Å². The molecule has 5 heteroatoms. The summed E-state index contributed by atoms with van der Waals surface area (Å²) in [4.78, 5) is 0. The third-order valence-electron chi connectivity index (χ3n) is 3.10. The smallest absolute Gasteiger partial charge is 0.203 e. The Labute approximate surface area is 114 Å². The summed E-state index contributed by atoms with van der Waals surface area (Å²) in [6.45, 7) is 0.690. The number of benzene rings is 1. The zero-order valence-corrected chi connectivity index (χ0v) is 11.9. The molecule has 0 heterocycles.